The number of nitrogens with one attached hydrogen (secondary N) is 2. The summed E-state index contributed by atoms with van der Waals surface area (Å²) in [5.74, 6) is -0.119. The van der Waals surface area contributed by atoms with Crippen molar-refractivity contribution >= 4 is 29.2 Å². The molecule has 0 saturated carbocycles. The van der Waals surface area contributed by atoms with Crippen LogP contribution in [0.1, 0.15) is 5.56 Å². The fourth-order valence-electron chi connectivity index (χ4n) is 1.52. The third-order valence-electron chi connectivity index (χ3n) is 2.36. The molecule has 0 saturated heterocycles. The number of hydrogen-bond acceptors (Lipinski definition) is 6. The molecule has 0 aliphatic rings. The minimum atomic E-state index is -0.368. The van der Waals surface area contributed by atoms with Crippen LogP contribution in [0.15, 0.2) is 40.3 Å². The van der Waals surface area contributed by atoms with E-state index in [1.54, 1.807) is 24.3 Å². The maximum atomic E-state index is 11.8. The summed E-state index contributed by atoms with van der Waals surface area (Å²) in [6.45, 7) is 0. The number of thioether (sulfide) groups is 1. The molecule has 1 aromatic heterocycles. The van der Waals surface area contributed by atoms with Crippen LogP contribution < -0.4 is 16.6 Å². The van der Waals surface area contributed by atoms with Gasteiger partial charge in [0.25, 0.3) is 5.56 Å². The molecule has 0 atom stereocenters. The van der Waals surface area contributed by atoms with Crippen LogP contribution >= 0.6 is 11.8 Å². The predicted octanol–water partition coefficient (Wildman–Crippen LogP) is 0.955. The van der Waals surface area contributed by atoms with Crippen LogP contribution in [0.5, 0.6) is 0 Å². The number of nitriles is 1. The third-order valence-corrected chi connectivity index (χ3v) is 3.23. The lowest BCUT2D eigenvalue weighted by atomic mass is 10.2. The number of nitrogens with zero attached hydrogens (tertiary/aromatic N) is 2. The Kier molecular flexibility index (Phi) is 4.58. The monoisotopic (exact) mass is 301 g/mol. The highest BCUT2D eigenvalue weighted by molar-refractivity contribution is 7.99. The molecule has 0 radical (unpaired) electrons. The summed E-state index contributed by atoms with van der Waals surface area (Å²) < 4.78 is 0. The van der Waals surface area contributed by atoms with Crippen LogP contribution in [0.3, 0.4) is 0 Å². The molecule has 0 spiro atoms. The standard InChI is InChI=1S/C13H11N5O2S/c14-6-8-2-1-3-9(4-8)16-12(20)7-21-13-17-10(15)5-11(19)18-13/h1-5H,7H2,(H,16,20)(H3,15,17,18,19). The second-order valence-corrected chi connectivity index (χ2v) is 4.97. The molecular weight excluding hydrogens is 290 g/mol. The minimum Gasteiger partial charge on any atom is -0.383 e. The van der Waals surface area contributed by atoms with Gasteiger partial charge in [-0.15, -0.1) is 0 Å². The fraction of sp³-hybridized carbons (Fsp3) is 0.0769. The Bertz CT molecular complexity index is 766. The lowest BCUT2D eigenvalue weighted by molar-refractivity contribution is -0.113. The number of rotatable bonds is 4. The van der Waals surface area contributed by atoms with Crippen molar-refractivity contribution in [3.63, 3.8) is 0 Å². The molecule has 8 heteroatoms. The van der Waals surface area contributed by atoms with E-state index in [-0.39, 0.29) is 28.2 Å². The molecule has 0 aliphatic heterocycles. The molecule has 1 amide bonds. The molecule has 2 rings (SSSR count). The van der Waals surface area contributed by atoms with Gasteiger partial charge in [-0.2, -0.15) is 5.26 Å². The van der Waals surface area contributed by atoms with Crippen molar-refractivity contribution in [2.45, 2.75) is 5.16 Å². The normalized spacial score (nSPS) is 9.86. The van der Waals surface area contributed by atoms with Crippen LogP contribution in [-0.2, 0) is 4.79 Å². The summed E-state index contributed by atoms with van der Waals surface area (Å²) in [5, 5.41) is 11.7. The molecule has 2 aromatic rings. The highest BCUT2D eigenvalue weighted by atomic mass is 32.2. The van der Waals surface area contributed by atoms with E-state index in [0.29, 0.717) is 11.3 Å². The van der Waals surface area contributed by atoms with Gasteiger partial charge in [-0.1, -0.05) is 17.8 Å². The number of hydrogen-bond donors (Lipinski definition) is 3. The van der Waals surface area contributed by atoms with Gasteiger partial charge in [0.05, 0.1) is 17.4 Å². The Hall–Kier alpha value is -2.79. The first-order valence-corrected chi connectivity index (χ1v) is 6.85. The number of aromatic amines is 1. The number of carbonyl (C=O) groups excluding carboxylic acids is 1. The summed E-state index contributed by atoms with van der Waals surface area (Å²) >= 11 is 1.06. The van der Waals surface area contributed by atoms with Crippen molar-refractivity contribution in [1.29, 1.82) is 5.26 Å². The van der Waals surface area contributed by atoms with Crippen LogP contribution in [0, 0.1) is 11.3 Å². The number of aromatic nitrogens is 2. The second kappa shape index (κ2) is 6.58. The van der Waals surface area contributed by atoms with Crippen LogP contribution in [0.25, 0.3) is 0 Å². The van der Waals surface area contributed by atoms with E-state index in [0.717, 1.165) is 17.8 Å². The van der Waals surface area contributed by atoms with Gasteiger partial charge in [-0.3, -0.25) is 9.59 Å². The molecule has 1 heterocycles. The van der Waals surface area contributed by atoms with Gasteiger partial charge in [0.2, 0.25) is 5.91 Å². The SMILES string of the molecule is N#Cc1cccc(NC(=O)CSc2nc(N)cc(=O)[nH]2)c1. The molecule has 7 nitrogen and oxygen atoms in total. The van der Waals surface area contributed by atoms with E-state index < -0.39 is 0 Å². The molecule has 21 heavy (non-hydrogen) atoms. The van der Waals surface area contributed by atoms with E-state index in [1.165, 1.54) is 0 Å². The van der Waals surface area contributed by atoms with Crippen molar-refractivity contribution in [2.75, 3.05) is 16.8 Å². The van der Waals surface area contributed by atoms with E-state index in [9.17, 15) is 9.59 Å². The lowest BCUT2D eigenvalue weighted by Crippen LogP contribution is -2.15. The molecule has 4 N–H and O–H groups in total. The second-order valence-electron chi connectivity index (χ2n) is 4.00. The average molecular weight is 301 g/mol. The van der Waals surface area contributed by atoms with Crippen molar-refractivity contribution in [2.24, 2.45) is 0 Å². The quantitative estimate of drug-likeness (QED) is 0.570. The zero-order valence-electron chi connectivity index (χ0n) is 10.8. The van der Waals surface area contributed by atoms with Crippen molar-refractivity contribution in [3.05, 3.63) is 46.2 Å². The molecule has 1 aromatic carbocycles. The van der Waals surface area contributed by atoms with Crippen molar-refractivity contribution in [1.82, 2.24) is 9.97 Å². The first-order chi connectivity index (χ1) is 10.1. The number of nitrogens with two attached hydrogens (primary N) is 1. The molecule has 0 bridgehead atoms. The molecule has 0 aliphatic carbocycles. The Morgan fingerprint density at radius 3 is 3.00 bits per heavy atom. The smallest absolute Gasteiger partial charge is 0.253 e. The summed E-state index contributed by atoms with van der Waals surface area (Å²) in [7, 11) is 0. The van der Waals surface area contributed by atoms with Gasteiger partial charge >= 0.3 is 0 Å². The Morgan fingerprint density at radius 2 is 2.29 bits per heavy atom. The zero-order valence-corrected chi connectivity index (χ0v) is 11.6. The maximum absolute atomic E-state index is 11.8. The third kappa shape index (κ3) is 4.36. The number of carbonyl (C=O) groups is 1. The van der Waals surface area contributed by atoms with E-state index in [4.69, 9.17) is 11.0 Å². The minimum absolute atomic E-state index is 0.0587. The molecule has 0 fully saturated rings. The van der Waals surface area contributed by atoms with Crippen LogP contribution in [0.4, 0.5) is 11.5 Å². The fourth-order valence-corrected chi connectivity index (χ4v) is 2.20. The van der Waals surface area contributed by atoms with Crippen molar-refractivity contribution in [3.8, 4) is 6.07 Å². The number of nitrogen functional groups attached to an aromatic ring is 1. The molecule has 0 unspecified atom stereocenters. The van der Waals surface area contributed by atoms with Gasteiger partial charge in [0.15, 0.2) is 5.16 Å². The Balaban J connectivity index is 1.96. The summed E-state index contributed by atoms with van der Waals surface area (Å²) in [4.78, 5) is 29.4. The highest BCUT2D eigenvalue weighted by Crippen LogP contribution is 2.14. The van der Waals surface area contributed by atoms with E-state index in [2.05, 4.69) is 15.3 Å². The first kappa shape index (κ1) is 14.6. The van der Waals surface area contributed by atoms with Gasteiger partial charge in [-0.05, 0) is 18.2 Å². The van der Waals surface area contributed by atoms with Gasteiger partial charge in [-0.25, -0.2) is 4.98 Å². The summed E-state index contributed by atoms with van der Waals surface area (Å²) in [6.07, 6.45) is 0. The number of amides is 1. The largest absolute Gasteiger partial charge is 0.383 e. The molecule has 106 valence electrons. The Morgan fingerprint density at radius 1 is 1.48 bits per heavy atom. The highest BCUT2D eigenvalue weighted by Gasteiger charge is 2.06. The topological polar surface area (TPSA) is 125 Å². The van der Waals surface area contributed by atoms with Crippen LogP contribution in [0.2, 0.25) is 0 Å². The van der Waals surface area contributed by atoms with E-state index >= 15 is 0 Å². The summed E-state index contributed by atoms with van der Waals surface area (Å²) in [6, 6.07) is 9.74. The van der Waals surface area contributed by atoms with Gasteiger partial charge in [0.1, 0.15) is 5.82 Å². The van der Waals surface area contributed by atoms with Crippen LogP contribution in [-0.4, -0.2) is 21.6 Å². The van der Waals surface area contributed by atoms with Gasteiger partial charge < -0.3 is 16.0 Å². The lowest BCUT2D eigenvalue weighted by Gasteiger charge is -2.05. The number of benzene rings is 1. The average Bonchev–Trinajstić information content (AvgIpc) is 2.44. The zero-order chi connectivity index (χ0) is 15.2. The Labute approximate surface area is 124 Å². The number of H-pyrrole nitrogens is 1. The summed E-state index contributed by atoms with van der Waals surface area (Å²) in [5.41, 5.74) is 6.07. The van der Waals surface area contributed by atoms with E-state index in [1.807, 2.05) is 6.07 Å². The molecular formula is C13H11N5O2S. The van der Waals surface area contributed by atoms with Crippen molar-refractivity contribution < 1.29 is 4.79 Å². The number of anilines is 2. The van der Waals surface area contributed by atoms with Gasteiger partial charge in [0, 0.05) is 11.8 Å². The first-order valence-electron chi connectivity index (χ1n) is 5.86. The maximum Gasteiger partial charge on any atom is 0.253 e. The predicted molar refractivity (Wildman–Crippen MR) is 79.8 cm³/mol.